The lowest BCUT2D eigenvalue weighted by molar-refractivity contribution is 0.0967. The fourth-order valence-corrected chi connectivity index (χ4v) is 2.31. The van der Waals surface area contributed by atoms with Gasteiger partial charge in [-0.1, -0.05) is 25.4 Å². The molecule has 5 heteroatoms. The first-order chi connectivity index (χ1) is 10.3. The summed E-state index contributed by atoms with van der Waals surface area (Å²) in [6, 6.07) is 4.08. The van der Waals surface area contributed by atoms with Crippen LogP contribution in [0, 0.1) is 6.92 Å². The van der Waals surface area contributed by atoms with Crippen molar-refractivity contribution in [2.45, 2.75) is 45.8 Å². The Bertz CT molecular complexity index is 465. The molecule has 0 saturated heterocycles. The summed E-state index contributed by atoms with van der Waals surface area (Å²) in [7, 11) is 1.66. The van der Waals surface area contributed by atoms with Crippen LogP contribution in [-0.4, -0.2) is 44.1 Å². The number of nitrogens with one attached hydrogen (secondary N) is 1. The van der Waals surface area contributed by atoms with Crippen molar-refractivity contribution in [2.75, 3.05) is 26.9 Å². The minimum Gasteiger partial charge on any atom is -0.491 e. The van der Waals surface area contributed by atoms with Gasteiger partial charge < -0.3 is 19.9 Å². The third kappa shape index (κ3) is 6.13. The van der Waals surface area contributed by atoms with Gasteiger partial charge in [0.2, 0.25) is 0 Å². The lowest BCUT2D eigenvalue weighted by atomic mass is 10.0. The predicted octanol–water partition coefficient (Wildman–Crippen LogP) is 3.14. The van der Waals surface area contributed by atoms with Crippen LogP contribution < -0.4 is 10.1 Å². The van der Waals surface area contributed by atoms with Crippen molar-refractivity contribution in [3.05, 3.63) is 28.3 Å². The van der Waals surface area contributed by atoms with Crippen LogP contribution in [0.15, 0.2) is 12.1 Å². The smallest absolute Gasteiger partial charge is 0.123 e. The van der Waals surface area contributed by atoms with Crippen LogP contribution in [0.3, 0.4) is 0 Å². The molecule has 126 valence electrons. The summed E-state index contributed by atoms with van der Waals surface area (Å²) in [5.41, 5.74) is 2.03. The molecule has 0 heterocycles. The van der Waals surface area contributed by atoms with E-state index in [-0.39, 0.29) is 12.6 Å². The summed E-state index contributed by atoms with van der Waals surface area (Å²) < 4.78 is 10.9. The van der Waals surface area contributed by atoms with Crippen molar-refractivity contribution < 1.29 is 14.6 Å². The number of halogens is 1. The molecule has 2 unspecified atom stereocenters. The highest BCUT2D eigenvalue weighted by atomic mass is 35.5. The van der Waals surface area contributed by atoms with Crippen LogP contribution in [0.2, 0.25) is 5.02 Å². The fourth-order valence-electron chi connectivity index (χ4n) is 2.14. The van der Waals surface area contributed by atoms with E-state index in [1.54, 1.807) is 7.11 Å². The Morgan fingerprint density at radius 3 is 2.50 bits per heavy atom. The molecule has 4 nitrogen and oxygen atoms in total. The van der Waals surface area contributed by atoms with Crippen molar-refractivity contribution >= 4 is 11.6 Å². The zero-order chi connectivity index (χ0) is 16.7. The Balaban J connectivity index is 2.58. The normalized spacial score (nSPS) is 14.2. The van der Waals surface area contributed by atoms with E-state index in [0.717, 1.165) is 21.9 Å². The second-order valence-corrected chi connectivity index (χ2v) is 6.43. The highest BCUT2D eigenvalue weighted by molar-refractivity contribution is 6.31. The van der Waals surface area contributed by atoms with Crippen molar-refractivity contribution in [1.29, 1.82) is 0 Å². The molecule has 0 spiro atoms. The Morgan fingerprint density at radius 1 is 1.23 bits per heavy atom. The lowest BCUT2D eigenvalue weighted by Crippen LogP contribution is -2.38. The van der Waals surface area contributed by atoms with Gasteiger partial charge in [-0.3, -0.25) is 0 Å². The molecular weight excluding hydrogens is 302 g/mol. The Morgan fingerprint density at radius 2 is 1.91 bits per heavy atom. The molecule has 1 aromatic carbocycles. The Labute approximate surface area is 138 Å². The van der Waals surface area contributed by atoms with Crippen LogP contribution in [0.5, 0.6) is 5.75 Å². The first-order valence-corrected chi connectivity index (χ1v) is 8.06. The van der Waals surface area contributed by atoms with Crippen LogP contribution in [0.1, 0.15) is 37.8 Å². The van der Waals surface area contributed by atoms with E-state index in [4.69, 9.17) is 21.1 Å². The van der Waals surface area contributed by atoms with E-state index < -0.39 is 6.10 Å². The van der Waals surface area contributed by atoms with Gasteiger partial charge in [0.25, 0.3) is 0 Å². The Hall–Kier alpha value is -0.810. The molecular formula is C17H28ClNO3. The van der Waals surface area contributed by atoms with Crippen molar-refractivity contribution in [3.8, 4) is 5.75 Å². The molecule has 1 rings (SSSR count). The molecule has 0 bridgehead atoms. The monoisotopic (exact) mass is 329 g/mol. The number of hydrogen-bond acceptors (Lipinski definition) is 4. The van der Waals surface area contributed by atoms with Crippen molar-refractivity contribution in [2.24, 2.45) is 0 Å². The van der Waals surface area contributed by atoms with Crippen LogP contribution in [-0.2, 0) is 4.74 Å². The van der Waals surface area contributed by atoms with Gasteiger partial charge in [-0.2, -0.15) is 0 Å². The van der Waals surface area contributed by atoms with Gasteiger partial charge in [-0.25, -0.2) is 0 Å². The number of benzene rings is 1. The summed E-state index contributed by atoms with van der Waals surface area (Å²) >= 11 is 6.18. The number of hydrogen-bond donors (Lipinski definition) is 2. The van der Waals surface area contributed by atoms with Gasteiger partial charge >= 0.3 is 0 Å². The Kier molecular flexibility index (Phi) is 8.18. The fraction of sp³-hybridized carbons (Fsp3) is 0.647. The highest BCUT2D eigenvalue weighted by Crippen LogP contribution is 2.32. The second-order valence-electron chi connectivity index (χ2n) is 6.02. The zero-order valence-corrected chi connectivity index (χ0v) is 14.9. The number of methoxy groups -OCH3 is 1. The first kappa shape index (κ1) is 19.2. The number of ether oxygens (including phenoxy) is 2. The maximum Gasteiger partial charge on any atom is 0.123 e. The minimum absolute atomic E-state index is 0.198. The van der Waals surface area contributed by atoms with E-state index in [0.29, 0.717) is 19.1 Å². The summed E-state index contributed by atoms with van der Waals surface area (Å²) in [5.74, 6) is 1.10. The average Bonchev–Trinajstić information content (AvgIpc) is 2.46. The largest absolute Gasteiger partial charge is 0.491 e. The average molecular weight is 330 g/mol. The first-order valence-electron chi connectivity index (χ1n) is 7.68. The predicted molar refractivity (Wildman–Crippen MR) is 91.1 cm³/mol. The number of aliphatic hydroxyl groups is 1. The van der Waals surface area contributed by atoms with Crippen molar-refractivity contribution in [3.63, 3.8) is 0 Å². The van der Waals surface area contributed by atoms with Gasteiger partial charge in [0.1, 0.15) is 18.5 Å². The maximum absolute atomic E-state index is 10.0. The third-order valence-electron chi connectivity index (χ3n) is 3.46. The molecule has 22 heavy (non-hydrogen) atoms. The van der Waals surface area contributed by atoms with Crippen molar-refractivity contribution in [1.82, 2.24) is 5.32 Å². The number of aliphatic hydroxyl groups excluding tert-OH is 1. The van der Waals surface area contributed by atoms with Crippen LogP contribution in [0.25, 0.3) is 0 Å². The number of aryl methyl sites for hydroxylation is 1. The van der Waals surface area contributed by atoms with E-state index in [2.05, 4.69) is 19.2 Å². The van der Waals surface area contributed by atoms with E-state index in [9.17, 15) is 5.11 Å². The standard InChI is InChI=1S/C17H28ClNO3/c1-11(2)15-7-16(18)12(3)6-17(15)22-10-14(20)8-19-13(4)9-21-5/h6-7,11,13-14,19-20H,8-10H2,1-5H3. The number of rotatable bonds is 9. The van der Waals surface area contributed by atoms with Crippen LogP contribution >= 0.6 is 11.6 Å². The third-order valence-corrected chi connectivity index (χ3v) is 3.87. The van der Waals surface area contributed by atoms with Gasteiger partial charge in [-0.15, -0.1) is 0 Å². The molecule has 0 radical (unpaired) electrons. The SMILES string of the molecule is COCC(C)NCC(O)COc1cc(C)c(Cl)cc1C(C)C. The topological polar surface area (TPSA) is 50.7 Å². The maximum atomic E-state index is 10.0. The molecule has 1 aromatic rings. The minimum atomic E-state index is -0.574. The second kappa shape index (κ2) is 9.36. The van der Waals surface area contributed by atoms with Gasteiger partial charge in [-0.05, 0) is 43.0 Å². The summed E-state index contributed by atoms with van der Waals surface area (Å²) in [4.78, 5) is 0. The molecule has 0 amide bonds. The van der Waals surface area contributed by atoms with Gasteiger partial charge in [0.05, 0.1) is 6.61 Å². The lowest BCUT2D eigenvalue weighted by Gasteiger charge is -2.19. The molecule has 0 aromatic heterocycles. The van der Waals surface area contributed by atoms with E-state index in [1.807, 2.05) is 26.0 Å². The molecule has 0 aliphatic rings. The quantitative estimate of drug-likeness (QED) is 0.731. The summed E-state index contributed by atoms with van der Waals surface area (Å²) in [6.45, 7) is 9.47. The highest BCUT2D eigenvalue weighted by Gasteiger charge is 2.13. The molecule has 2 atom stereocenters. The van der Waals surface area contributed by atoms with Gasteiger partial charge in [0, 0.05) is 24.7 Å². The molecule has 0 aliphatic heterocycles. The molecule has 0 aliphatic carbocycles. The zero-order valence-electron chi connectivity index (χ0n) is 14.1. The molecule has 0 saturated carbocycles. The van der Waals surface area contributed by atoms with E-state index >= 15 is 0 Å². The van der Waals surface area contributed by atoms with Crippen LogP contribution in [0.4, 0.5) is 0 Å². The van der Waals surface area contributed by atoms with E-state index in [1.165, 1.54) is 0 Å². The molecule has 0 fully saturated rings. The summed E-state index contributed by atoms with van der Waals surface area (Å²) in [6.07, 6.45) is -0.574. The molecule has 2 N–H and O–H groups in total. The summed E-state index contributed by atoms with van der Waals surface area (Å²) in [5, 5.41) is 14.0. The van der Waals surface area contributed by atoms with Gasteiger partial charge in [0.15, 0.2) is 0 Å².